The van der Waals surface area contributed by atoms with Gasteiger partial charge in [-0.1, -0.05) is 44.2 Å². The highest BCUT2D eigenvalue weighted by atomic mass is 14.9. The average Bonchev–Trinajstić information content (AvgIpc) is 2.17. The summed E-state index contributed by atoms with van der Waals surface area (Å²) >= 11 is 0. The molecule has 0 saturated carbocycles. The molecule has 0 aromatic heterocycles. The first-order chi connectivity index (χ1) is 7.31. The van der Waals surface area contributed by atoms with Crippen molar-refractivity contribution in [3.05, 3.63) is 35.9 Å². The molecule has 0 aliphatic heterocycles. The van der Waals surface area contributed by atoms with E-state index in [-0.39, 0.29) is 11.0 Å². The van der Waals surface area contributed by atoms with Crippen molar-refractivity contribution in [3.63, 3.8) is 0 Å². The third-order valence-corrected chi connectivity index (χ3v) is 2.96. The van der Waals surface area contributed by atoms with E-state index >= 15 is 0 Å². The van der Waals surface area contributed by atoms with E-state index in [1.165, 1.54) is 5.56 Å². The predicted molar refractivity (Wildman–Crippen MR) is 71.8 cm³/mol. The van der Waals surface area contributed by atoms with Crippen molar-refractivity contribution in [1.29, 1.82) is 0 Å². The molecule has 0 atom stereocenters. The standard InChI is InChI=1S/C15H25N/c1-14(2,3)16-12-11-15(4,5)13-9-7-6-8-10-13/h6-10,16H,11-12H2,1-5H3. The summed E-state index contributed by atoms with van der Waals surface area (Å²) in [5.41, 5.74) is 1.89. The van der Waals surface area contributed by atoms with Gasteiger partial charge in [0.15, 0.2) is 0 Å². The summed E-state index contributed by atoms with van der Waals surface area (Å²) in [5, 5.41) is 3.55. The smallest absolute Gasteiger partial charge is 0.00965 e. The minimum absolute atomic E-state index is 0.215. The van der Waals surface area contributed by atoms with E-state index in [2.05, 4.69) is 70.3 Å². The minimum Gasteiger partial charge on any atom is -0.312 e. The van der Waals surface area contributed by atoms with Gasteiger partial charge in [-0.05, 0) is 44.7 Å². The van der Waals surface area contributed by atoms with Crippen molar-refractivity contribution in [2.24, 2.45) is 0 Å². The summed E-state index contributed by atoms with van der Waals surface area (Å²) in [5.74, 6) is 0. The Labute approximate surface area is 100 Å². The van der Waals surface area contributed by atoms with E-state index in [4.69, 9.17) is 0 Å². The average molecular weight is 219 g/mol. The van der Waals surface area contributed by atoms with Crippen LogP contribution >= 0.6 is 0 Å². The Morgan fingerprint density at radius 1 is 0.938 bits per heavy atom. The lowest BCUT2D eigenvalue weighted by atomic mass is 9.81. The third kappa shape index (κ3) is 4.36. The monoisotopic (exact) mass is 219 g/mol. The van der Waals surface area contributed by atoms with E-state index in [0.29, 0.717) is 0 Å². The molecular weight excluding hydrogens is 194 g/mol. The maximum atomic E-state index is 3.55. The van der Waals surface area contributed by atoms with E-state index in [9.17, 15) is 0 Å². The van der Waals surface area contributed by atoms with Crippen LogP contribution in [0.25, 0.3) is 0 Å². The van der Waals surface area contributed by atoms with Crippen molar-refractivity contribution in [2.75, 3.05) is 6.54 Å². The Morgan fingerprint density at radius 2 is 1.50 bits per heavy atom. The first-order valence-electron chi connectivity index (χ1n) is 6.12. The Kier molecular flexibility index (Phi) is 4.15. The van der Waals surface area contributed by atoms with Crippen molar-refractivity contribution in [2.45, 2.75) is 52.0 Å². The van der Waals surface area contributed by atoms with Crippen LogP contribution < -0.4 is 5.32 Å². The molecule has 0 saturated heterocycles. The number of rotatable bonds is 4. The van der Waals surface area contributed by atoms with Gasteiger partial charge < -0.3 is 5.32 Å². The van der Waals surface area contributed by atoms with Gasteiger partial charge in [-0.3, -0.25) is 0 Å². The highest BCUT2D eigenvalue weighted by Gasteiger charge is 2.20. The van der Waals surface area contributed by atoms with Crippen LogP contribution in [0.1, 0.15) is 46.6 Å². The lowest BCUT2D eigenvalue weighted by molar-refractivity contribution is 0.379. The SMILES string of the molecule is CC(C)(C)NCCC(C)(C)c1ccccc1. The molecule has 0 aliphatic carbocycles. The molecule has 0 radical (unpaired) electrons. The van der Waals surface area contributed by atoms with Gasteiger partial charge in [0.05, 0.1) is 0 Å². The molecule has 1 N–H and O–H groups in total. The van der Waals surface area contributed by atoms with Crippen LogP contribution in [0.3, 0.4) is 0 Å². The summed E-state index contributed by atoms with van der Waals surface area (Å²) in [6.07, 6.45) is 1.16. The van der Waals surface area contributed by atoms with Gasteiger partial charge >= 0.3 is 0 Å². The lowest BCUT2D eigenvalue weighted by Gasteiger charge is -2.28. The number of hydrogen-bond acceptors (Lipinski definition) is 1. The Morgan fingerprint density at radius 3 is 2.00 bits per heavy atom. The van der Waals surface area contributed by atoms with Crippen LogP contribution in [-0.4, -0.2) is 12.1 Å². The van der Waals surface area contributed by atoms with E-state index in [1.54, 1.807) is 0 Å². The second-order valence-corrected chi connectivity index (χ2v) is 6.18. The van der Waals surface area contributed by atoms with Gasteiger partial charge in [0, 0.05) is 5.54 Å². The van der Waals surface area contributed by atoms with Crippen LogP contribution in [0.4, 0.5) is 0 Å². The van der Waals surface area contributed by atoms with E-state index in [1.807, 2.05) is 0 Å². The maximum Gasteiger partial charge on any atom is 0.00965 e. The lowest BCUT2D eigenvalue weighted by Crippen LogP contribution is -2.38. The second kappa shape index (κ2) is 5.01. The topological polar surface area (TPSA) is 12.0 Å². The molecule has 1 rings (SSSR count). The third-order valence-electron chi connectivity index (χ3n) is 2.96. The molecule has 0 spiro atoms. The fourth-order valence-electron chi connectivity index (χ4n) is 1.78. The fraction of sp³-hybridized carbons (Fsp3) is 0.600. The summed E-state index contributed by atoms with van der Waals surface area (Å²) in [6, 6.07) is 10.8. The predicted octanol–water partition coefficient (Wildman–Crippen LogP) is 3.74. The summed E-state index contributed by atoms with van der Waals surface area (Å²) in [6.45, 7) is 12.3. The highest BCUT2D eigenvalue weighted by molar-refractivity contribution is 5.23. The van der Waals surface area contributed by atoms with Crippen molar-refractivity contribution < 1.29 is 0 Å². The van der Waals surface area contributed by atoms with Gasteiger partial charge in [0.2, 0.25) is 0 Å². The zero-order valence-corrected chi connectivity index (χ0v) is 11.3. The van der Waals surface area contributed by atoms with Crippen LogP contribution in [-0.2, 0) is 5.41 Å². The first kappa shape index (κ1) is 13.2. The Bertz CT molecular complexity index is 306. The molecule has 0 unspecified atom stereocenters. The molecule has 1 aromatic rings. The van der Waals surface area contributed by atoms with Crippen LogP contribution in [0.2, 0.25) is 0 Å². The molecule has 0 amide bonds. The fourth-order valence-corrected chi connectivity index (χ4v) is 1.78. The number of hydrogen-bond donors (Lipinski definition) is 1. The number of nitrogens with one attached hydrogen (secondary N) is 1. The maximum absolute atomic E-state index is 3.55. The molecule has 1 nitrogen and oxygen atoms in total. The minimum atomic E-state index is 0.215. The molecule has 1 heteroatoms. The summed E-state index contributed by atoms with van der Waals surface area (Å²) < 4.78 is 0. The largest absolute Gasteiger partial charge is 0.312 e. The van der Waals surface area contributed by atoms with Gasteiger partial charge in [-0.25, -0.2) is 0 Å². The zero-order chi connectivity index (χ0) is 12.2. The molecule has 0 fully saturated rings. The normalized spacial score (nSPS) is 12.8. The van der Waals surface area contributed by atoms with E-state index in [0.717, 1.165) is 13.0 Å². The molecule has 0 aliphatic rings. The van der Waals surface area contributed by atoms with Gasteiger partial charge in [0.25, 0.3) is 0 Å². The summed E-state index contributed by atoms with van der Waals surface area (Å²) in [7, 11) is 0. The molecular formula is C15H25N. The molecule has 1 aromatic carbocycles. The van der Waals surface area contributed by atoms with Crippen LogP contribution in [0, 0.1) is 0 Å². The second-order valence-electron chi connectivity index (χ2n) is 6.18. The molecule has 16 heavy (non-hydrogen) atoms. The summed E-state index contributed by atoms with van der Waals surface area (Å²) in [4.78, 5) is 0. The quantitative estimate of drug-likeness (QED) is 0.813. The molecule has 0 bridgehead atoms. The first-order valence-corrected chi connectivity index (χ1v) is 6.12. The Hall–Kier alpha value is -0.820. The Balaban J connectivity index is 2.53. The van der Waals surface area contributed by atoms with Gasteiger partial charge in [-0.2, -0.15) is 0 Å². The molecule has 0 heterocycles. The van der Waals surface area contributed by atoms with Crippen molar-refractivity contribution in [3.8, 4) is 0 Å². The van der Waals surface area contributed by atoms with Crippen molar-refractivity contribution in [1.82, 2.24) is 5.32 Å². The van der Waals surface area contributed by atoms with Crippen molar-refractivity contribution >= 4 is 0 Å². The van der Waals surface area contributed by atoms with Gasteiger partial charge in [0.1, 0.15) is 0 Å². The number of benzene rings is 1. The van der Waals surface area contributed by atoms with E-state index < -0.39 is 0 Å². The van der Waals surface area contributed by atoms with Crippen LogP contribution in [0.5, 0.6) is 0 Å². The highest BCUT2D eigenvalue weighted by Crippen LogP contribution is 2.26. The molecule has 90 valence electrons. The van der Waals surface area contributed by atoms with Gasteiger partial charge in [-0.15, -0.1) is 0 Å². The zero-order valence-electron chi connectivity index (χ0n) is 11.3. The van der Waals surface area contributed by atoms with Crippen LogP contribution in [0.15, 0.2) is 30.3 Å².